The molecule has 0 amide bonds. The number of hydrogen-bond donors (Lipinski definition) is 0. The first kappa shape index (κ1) is 17.7. The second kappa shape index (κ2) is 7.11. The van der Waals surface area contributed by atoms with Crippen LogP contribution in [0.5, 0.6) is 0 Å². The molecule has 1 saturated heterocycles. The molecule has 0 aromatic carbocycles. The molecule has 1 heterocycles. The van der Waals surface area contributed by atoms with Gasteiger partial charge in [0.2, 0.25) is 10.0 Å². The number of sulfonamides is 1. The Hall–Kier alpha value is -0.310. The van der Waals surface area contributed by atoms with Crippen molar-refractivity contribution in [2.24, 2.45) is 0 Å². The van der Waals surface area contributed by atoms with E-state index in [-0.39, 0.29) is 18.6 Å². The van der Waals surface area contributed by atoms with Crippen molar-refractivity contribution in [1.29, 1.82) is 0 Å². The van der Waals surface area contributed by atoms with E-state index < -0.39 is 16.4 Å². The second-order valence-corrected chi connectivity index (χ2v) is 7.77. The number of halogens is 2. The third kappa shape index (κ3) is 5.23. The fourth-order valence-corrected chi connectivity index (χ4v) is 3.01. The summed E-state index contributed by atoms with van der Waals surface area (Å²) in [6, 6.07) is 0.212. The molecule has 0 aromatic rings. The monoisotopic (exact) mass is 313 g/mol. The average Bonchev–Trinajstić information content (AvgIpc) is 2.26. The van der Waals surface area contributed by atoms with Gasteiger partial charge in [0.15, 0.2) is 0 Å². The van der Waals surface area contributed by atoms with Crippen molar-refractivity contribution in [2.45, 2.75) is 32.4 Å². The second-order valence-electron chi connectivity index (χ2n) is 5.68. The first-order chi connectivity index (χ1) is 9.11. The molecule has 1 rings (SSSR count). The molecule has 5 nitrogen and oxygen atoms in total. The van der Waals surface area contributed by atoms with Crippen molar-refractivity contribution in [3.8, 4) is 0 Å². The molecular formula is C12H25F2N3O2S. The van der Waals surface area contributed by atoms with Crippen LogP contribution in [0.2, 0.25) is 0 Å². The third-order valence-electron chi connectivity index (χ3n) is 3.71. The van der Waals surface area contributed by atoms with Crippen LogP contribution in [-0.2, 0) is 10.0 Å². The highest BCUT2D eigenvalue weighted by Crippen LogP contribution is 2.16. The van der Waals surface area contributed by atoms with Gasteiger partial charge in [0.1, 0.15) is 0 Å². The van der Waals surface area contributed by atoms with E-state index >= 15 is 0 Å². The van der Waals surface area contributed by atoms with Crippen LogP contribution in [-0.4, -0.2) is 87.1 Å². The SMILES string of the molecule is CC(C)N1CCN(CC(F)F)CC1CN(C)S(C)(=O)=O. The van der Waals surface area contributed by atoms with Crippen LogP contribution in [0.25, 0.3) is 0 Å². The van der Waals surface area contributed by atoms with Crippen molar-refractivity contribution >= 4 is 10.0 Å². The zero-order valence-corrected chi connectivity index (χ0v) is 13.4. The Morgan fingerprint density at radius 3 is 2.35 bits per heavy atom. The van der Waals surface area contributed by atoms with E-state index in [0.717, 1.165) is 6.26 Å². The van der Waals surface area contributed by atoms with E-state index in [1.807, 2.05) is 13.8 Å². The van der Waals surface area contributed by atoms with Crippen molar-refractivity contribution in [3.05, 3.63) is 0 Å². The van der Waals surface area contributed by atoms with Crippen LogP contribution in [0.3, 0.4) is 0 Å². The third-order valence-corrected chi connectivity index (χ3v) is 4.99. The molecule has 0 bridgehead atoms. The highest BCUT2D eigenvalue weighted by Gasteiger charge is 2.31. The van der Waals surface area contributed by atoms with Gasteiger partial charge in [-0.05, 0) is 13.8 Å². The molecule has 0 saturated carbocycles. The smallest absolute Gasteiger partial charge is 0.251 e. The molecule has 0 aliphatic carbocycles. The molecule has 8 heteroatoms. The first-order valence-corrected chi connectivity index (χ1v) is 8.63. The Morgan fingerprint density at radius 1 is 1.30 bits per heavy atom. The molecule has 20 heavy (non-hydrogen) atoms. The molecule has 0 radical (unpaired) electrons. The van der Waals surface area contributed by atoms with Gasteiger partial charge in [0, 0.05) is 45.3 Å². The van der Waals surface area contributed by atoms with Crippen molar-refractivity contribution in [3.63, 3.8) is 0 Å². The summed E-state index contributed by atoms with van der Waals surface area (Å²) in [6.45, 7) is 5.92. The van der Waals surface area contributed by atoms with Crippen molar-refractivity contribution in [1.82, 2.24) is 14.1 Å². The molecule has 1 atom stereocenters. The Kier molecular flexibility index (Phi) is 6.30. The van der Waals surface area contributed by atoms with Gasteiger partial charge in [-0.3, -0.25) is 9.80 Å². The zero-order valence-electron chi connectivity index (χ0n) is 12.6. The molecule has 1 aliphatic heterocycles. The van der Waals surface area contributed by atoms with Crippen LogP contribution in [0.1, 0.15) is 13.8 Å². The zero-order chi connectivity index (χ0) is 15.5. The lowest BCUT2D eigenvalue weighted by Gasteiger charge is -2.44. The quantitative estimate of drug-likeness (QED) is 0.718. The Balaban J connectivity index is 2.73. The van der Waals surface area contributed by atoms with Gasteiger partial charge in [0.25, 0.3) is 6.43 Å². The van der Waals surface area contributed by atoms with Crippen LogP contribution in [0, 0.1) is 0 Å². The Morgan fingerprint density at radius 2 is 1.90 bits per heavy atom. The van der Waals surface area contributed by atoms with Crippen LogP contribution in [0.4, 0.5) is 8.78 Å². The molecule has 0 aromatic heterocycles. The van der Waals surface area contributed by atoms with Gasteiger partial charge >= 0.3 is 0 Å². The number of hydrogen-bond acceptors (Lipinski definition) is 4. The van der Waals surface area contributed by atoms with E-state index in [9.17, 15) is 17.2 Å². The van der Waals surface area contributed by atoms with Crippen molar-refractivity contribution in [2.75, 3.05) is 46.0 Å². The number of likely N-dealkylation sites (N-methyl/N-ethyl adjacent to an activating group) is 1. The topological polar surface area (TPSA) is 43.9 Å². The minimum atomic E-state index is -3.25. The van der Waals surface area contributed by atoms with Crippen LogP contribution in [0.15, 0.2) is 0 Å². The summed E-state index contributed by atoms with van der Waals surface area (Å²) in [5.41, 5.74) is 0. The lowest BCUT2D eigenvalue weighted by molar-refractivity contribution is 0.0121. The maximum atomic E-state index is 12.5. The van der Waals surface area contributed by atoms with Gasteiger partial charge in [0.05, 0.1) is 12.8 Å². The van der Waals surface area contributed by atoms with Crippen LogP contribution < -0.4 is 0 Å². The van der Waals surface area contributed by atoms with Gasteiger partial charge in [-0.2, -0.15) is 0 Å². The normalized spacial score (nSPS) is 23.1. The summed E-state index contributed by atoms with van der Waals surface area (Å²) < 4.78 is 49.3. The van der Waals surface area contributed by atoms with Crippen LogP contribution >= 0.6 is 0 Å². The molecule has 0 N–H and O–H groups in total. The molecule has 1 aliphatic rings. The van der Waals surface area contributed by atoms with E-state index in [0.29, 0.717) is 26.2 Å². The summed E-state index contributed by atoms with van der Waals surface area (Å²) >= 11 is 0. The molecule has 1 fully saturated rings. The van der Waals surface area contributed by atoms with E-state index in [2.05, 4.69) is 4.90 Å². The fraction of sp³-hybridized carbons (Fsp3) is 1.00. The predicted octanol–water partition coefficient (Wildman–Crippen LogP) is 0.538. The van der Waals surface area contributed by atoms with E-state index in [1.54, 1.807) is 4.90 Å². The van der Waals surface area contributed by atoms with Gasteiger partial charge in [-0.1, -0.05) is 0 Å². The maximum Gasteiger partial charge on any atom is 0.251 e. The first-order valence-electron chi connectivity index (χ1n) is 6.78. The summed E-state index contributed by atoms with van der Waals surface area (Å²) in [7, 11) is -1.72. The largest absolute Gasteiger partial charge is 0.295 e. The lowest BCUT2D eigenvalue weighted by atomic mass is 10.1. The minimum Gasteiger partial charge on any atom is -0.295 e. The highest BCUT2D eigenvalue weighted by molar-refractivity contribution is 7.88. The minimum absolute atomic E-state index is 0.0535. The Labute approximate surface area is 120 Å². The van der Waals surface area contributed by atoms with E-state index in [1.165, 1.54) is 11.4 Å². The maximum absolute atomic E-state index is 12.5. The molecule has 120 valence electrons. The number of rotatable bonds is 6. The van der Waals surface area contributed by atoms with E-state index in [4.69, 9.17) is 0 Å². The molecule has 0 spiro atoms. The summed E-state index contributed by atoms with van der Waals surface area (Å²) in [6.07, 6.45) is -1.19. The van der Waals surface area contributed by atoms with Crippen molar-refractivity contribution < 1.29 is 17.2 Å². The highest BCUT2D eigenvalue weighted by atomic mass is 32.2. The standard InChI is InChI=1S/C12H25F2N3O2S/c1-10(2)17-6-5-16(9-12(13)14)8-11(17)7-15(3)20(4,18)19/h10-12H,5-9H2,1-4H3. The van der Waals surface area contributed by atoms with Gasteiger partial charge < -0.3 is 0 Å². The average molecular weight is 313 g/mol. The fourth-order valence-electron chi connectivity index (χ4n) is 2.57. The number of nitrogens with zero attached hydrogens (tertiary/aromatic N) is 3. The number of alkyl halides is 2. The lowest BCUT2D eigenvalue weighted by Crippen LogP contribution is -2.59. The van der Waals surface area contributed by atoms with Gasteiger partial charge in [-0.15, -0.1) is 0 Å². The number of piperazine rings is 1. The Bertz CT molecular complexity index is 404. The molecule has 1 unspecified atom stereocenters. The summed E-state index contributed by atoms with van der Waals surface area (Å²) in [4.78, 5) is 3.90. The van der Waals surface area contributed by atoms with Gasteiger partial charge in [-0.25, -0.2) is 21.5 Å². The predicted molar refractivity (Wildman–Crippen MR) is 75.5 cm³/mol. The summed E-state index contributed by atoms with van der Waals surface area (Å²) in [5.74, 6) is 0. The molecular weight excluding hydrogens is 288 g/mol. The summed E-state index contributed by atoms with van der Waals surface area (Å²) in [5, 5.41) is 0.